The number of halogens is 3. The summed E-state index contributed by atoms with van der Waals surface area (Å²) in [5.41, 5.74) is 4.62. The molecule has 4 rings (SSSR count). The second kappa shape index (κ2) is 11.2. The molecule has 0 bridgehead atoms. The topological polar surface area (TPSA) is 52.1 Å². The molecule has 1 atom stereocenters. The SMILES string of the molecule is C=C1/C(=C(O)/C=C(\CC)N2CCN(c3ccncc3)CC2)C(C)CN1Cc1ccc(OC(F)(F)F)cc1. The Morgan fingerprint density at radius 2 is 1.76 bits per heavy atom. The number of hydrogen-bond acceptors (Lipinski definition) is 6. The van der Waals surface area contributed by atoms with Gasteiger partial charge in [-0.25, -0.2) is 0 Å². The predicted octanol–water partition coefficient (Wildman–Crippen LogP) is 5.87. The van der Waals surface area contributed by atoms with Crippen LogP contribution >= 0.6 is 0 Å². The molecule has 0 radical (unpaired) electrons. The molecule has 0 aliphatic carbocycles. The first-order chi connectivity index (χ1) is 17.6. The van der Waals surface area contributed by atoms with Gasteiger partial charge in [-0.2, -0.15) is 0 Å². The fourth-order valence-electron chi connectivity index (χ4n) is 5.02. The Morgan fingerprint density at radius 1 is 1.11 bits per heavy atom. The van der Waals surface area contributed by atoms with E-state index in [4.69, 9.17) is 0 Å². The van der Waals surface area contributed by atoms with Crippen LogP contribution < -0.4 is 9.64 Å². The van der Waals surface area contributed by atoms with Crippen LogP contribution in [0.3, 0.4) is 0 Å². The molecule has 2 aliphatic rings. The van der Waals surface area contributed by atoms with Gasteiger partial charge in [0.05, 0.1) is 0 Å². The molecule has 198 valence electrons. The molecule has 9 heteroatoms. The summed E-state index contributed by atoms with van der Waals surface area (Å²) >= 11 is 0. The smallest absolute Gasteiger partial charge is 0.508 e. The van der Waals surface area contributed by atoms with Crippen LogP contribution in [0.5, 0.6) is 5.75 Å². The zero-order valence-electron chi connectivity index (χ0n) is 21.2. The Morgan fingerprint density at radius 3 is 2.35 bits per heavy atom. The number of pyridine rings is 1. The van der Waals surface area contributed by atoms with E-state index in [1.165, 1.54) is 17.8 Å². The first kappa shape index (κ1) is 26.4. The summed E-state index contributed by atoms with van der Waals surface area (Å²) in [5.74, 6) is 0.0440. The summed E-state index contributed by atoms with van der Waals surface area (Å²) in [5, 5.41) is 11.1. The molecule has 6 nitrogen and oxygen atoms in total. The third kappa shape index (κ3) is 6.58. The molecule has 1 unspecified atom stereocenters. The average molecular weight is 515 g/mol. The van der Waals surface area contributed by atoms with Crippen LogP contribution in [-0.4, -0.2) is 59.0 Å². The molecule has 0 amide bonds. The van der Waals surface area contributed by atoms with Crippen molar-refractivity contribution in [3.05, 3.63) is 89.7 Å². The van der Waals surface area contributed by atoms with Crippen molar-refractivity contribution in [3.63, 3.8) is 0 Å². The van der Waals surface area contributed by atoms with Gasteiger partial charge in [0, 0.05) is 80.2 Å². The Labute approximate surface area is 216 Å². The van der Waals surface area contributed by atoms with E-state index in [9.17, 15) is 18.3 Å². The van der Waals surface area contributed by atoms with Crippen LogP contribution in [0.2, 0.25) is 0 Å². The zero-order chi connectivity index (χ0) is 26.6. The Bertz CT molecular complexity index is 1140. The summed E-state index contributed by atoms with van der Waals surface area (Å²) in [4.78, 5) is 10.8. The van der Waals surface area contributed by atoms with Gasteiger partial charge in [-0.05, 0) is 42.3 Å². The minimum atomic E-state index is -4.71. The lowest BCUT2D eigenvalue weighted by molar-refractivity contribution is -0.274. The molecule has 37 heavy (non-hydrogen) atoms. The van der Waals surface area contributed by atoms with Gasteiger partial charge in [-0.15, -0.1) is 13.2 Å². The number of nitrogens with zero attached hydrogens (tertiary/aromatic N) is 4. The number of aliphatic hydroxyl groups is 1. The number of anilines is 1. The number of aliphatic hydroxyl groups excluding tert-OH is 1. The van der Waals surface area contributed by atoms with Crippen molar-refractivity contribution in [2.75, 3.05) is 37.6 Å². The largest absolute Gasteiger partial charge is 0.573 e. The van der Waals surface area contributed by atoms with Crippen molar-refractivity contribution in [3.8, 4) is 5.75 Å². The van der Waals surface area contributed by atoms with Crippen molar-refractivity contribution >= 4 is 5.69 Å². The lowest BCUT2D eigenvalue weighted by atomic mass is 10.0. The number of allylic oxidation sites excluding steroid dienone is 3. The first-order valence-electron chi connectivity index (χ1n) is 12.5. The number of ether oxygens (including phenoxy) is 1. The van der Waals surface area contributed by atoms with Crippen LogP contribution in [0.1, 0.15) is 25.8 Å². The Balaban J connectivity index is 1.42. The van der Waals surface area contributed by atoms with Gasteiger partial charge in [0.15, 0.2) is 0 Å². The number of alkyl halides is 3. The molecule has 1 N–H and O–H groups in total. The summed E-state index contributed by atoms with van der Waals surface area (Å²) in [6.45, 7) is 13.0. The normalized spacial score (nSPS) is 20.5. The van der Waals surface area contributed by atoms with E-state index in [-0.39, 0.29) is 17.4 Å². The highest BCUT2D eigenvalue weighted by atomic mass is 19.4. The molecule has 0 spiro atoms. The van der Waals surface area contributed by atoms with Crippen LogP contribution in [0.25, 0.3) is 0 Å². The van der Waals surface area contributed by atoms with Crippen LogP contribution in [0.15, 0.2) is 84.2 Å². The maximum atomic E-state index is 12.4. The number of likely N-dealkylation sites (tertiary alicyclic amines) is 1. The highest BCUT2D eigenvalue weighted by Crippen LogP contribution is 2.35. The standard InChI is InChI=1S/C28H33F3N4O2/c1-4-23(33-13-15-34(16-14-33)24-9-11-32-12-10-24)17-26(36)27-20(2)18-35(21(27)3)19-22-5-7-25(8-6-22)37-28(29,30)31/h5-12,17,20,36H,3-4,13-16,18-19H2,1-2H3/b23-17+,27-26-. The van der Waals surface area contributed by atoms with Crippen molar-refractivity contribution in [2.24, 2.45) is 5.92 Å². The number of rotatable bonds is 7. The summed E-state index contributed by atoms with van der Waals surface area (Å²) < 4.78 is 41.2. The molecule has 1 aromatic heterocycles. The molecule has 2 aromatic rings. The van der Waals surface area contributed by atoms with E-state index < -0.39 is 6.36 Å². The van der Waals surface area contributed by atoms with Crippen molar-refractivity contribution in [1.82, 2.24) is 14.8 Å². The van der Waals surface area contributed by atoms with E-state index in [0.717, 1.165) is 55.1 Å². The van der Waals surface area contributed by atoms with Gasteiger partial charge in [-0.3, -0.25) is 4.98 Å². The third-order valence-electron chi connectivity index (χ3n) is 6.87. The molecule has 2 aliphatic heterocycles. The molecular weight excluding hydrogens is 481 g/mol. The lowest BCUT2D eigenvalue weighted by Gasteiger charge is -2.38. The van der Waals surface area contributed by atoms with E-state index in [1.54, 1.807) is 24.5 Å². The van der Waals surface area contributed by atoms with Crippen molar-refractivity contribution < 1.29 is 23.0 Å². The maximum absolute atomic E-state index is 12.4. The van der Waals surface area contributed by atoms with E-state index >= 15 is 0 Å². The molecule has 2 fully saturated rings. The zero-order valence-corrected chi connectivity index (χ0v) is 21.2. The van der Waals surface area contributed by atoms with E-state index in [1.807, 2.05) is 30.0 Å². The predicted molar refractivity (Wildman–Crippen MR) is 138 cm³/mol. The van der Waals surface area contributed by atoms with Crippen LogP contribution in [0, 0.1) is 5.92 Å². The van der Waals surface area contributed by atoms with Gasteiger partial charge in [-0.1, -0.05) is 32.6 Å². The highest BCUT2D eigenvalue weighted by molar-refractivity contribution is 5.45. The molecule has 0 saturated carbocycles. The third-order valence-corrected chi connectivity index (χ3v) is 6.87. The lowest BCUT2D eigenvalue weighted by Crippen LogP contribution is -2.45. The highest BCUT2D eigenvalue weighted by Gasteiger charge is 2.32. The van der Waals surface area contributed by atoms with Gasteiger partial charge >= 0.3 is 6.36 Å². The fraction of sp³-hybridized carbons (Fsp3) is 0.393. The van der Waals surface area contributed by atoms with Crippen LogP contribution in [0.4, 0.5) is 18.9 Å². The maximum Gasteiger partial charge on any atom is 0.573 e. The number of piperazine rings is 1. The summed E-state index contributed by atoms with van der Waals surface area (Å²) in [7, 11) is 0. The molecule has 3 heterocycles. The summed E-state index contributed by atoms with van der Waals surface area (Å²) in [6, 6.07) is 9.88. The number of benzene rings is 1. The Hall–Kier alpha value is -3.62. The average Bonchev–Trinajstić information content (AvgIpc) is 3.15. The molecule has 1 aromatic carbocycles. The Kier molecular flexibility index (Phi) is 8.00. The fourth-order valence-corrected chi connectivity index (χ4v) is 5.02. The van der Waals surface area contributed by atoms with Crippen molar-refractivity contribution in [2.45, 2.75) is 33.2 Å². The number of hydrogen-bond donors (Lipinski definition) is 1. The molecular formula is C28H33F3N4O2. The second-order valence-electron chi connectivity index (χ2n) is 9.39. The van der Waals surface area contributed by atoms with Gasteiger partial charge in [0.25, 0.3) is 0 Å². The van der Waals surface area contributed by atoms with Gasteiger partial charge in [0.1, 0.15) is 11.5 Å². The van der Waals surface area contributed by atoms with Gasteiger partial charge < -0.3 is 24.5 Å². The van der Waals surface area contributed by atoms with Crippen molar-refractivity contribution in [1.29, 1.82) is 0 Å². The van der Waals surface area contributed by atoms with E-state index in [2.05, 4.69) is 33.0 Å². The van der Waals surface area contributed by atoms with Crippen LogP contribution in [-0.2, 0) is 6.54 Å². The van der Waals surface area contributed by atoms with Gasteiger partial charge in [0.2, 0.25) is 0 Å². The number of aromatic nitrogens is 1. The summed E-state index contributed by atoms with van der Waals surface area (Å²) in [6.07, 6.45) is 1.56. The second-order valence-corrected chi connectivity index (χ2v) is 9.39. The quantitative estimate of drug-likeness (QED) is 0.466. The monoisotopic (exact) mass is 514 g/mol. The molecule has 2 saturated heterocycles. The minimum Gasteiger partial charge on any atom is -0.508 e. The first-order valence-corrected chi connectivity index (χ1v) is 12.5. The minimum absolute atomic E-state index is 0.0678. The van der Waals surface area contributed by atoms with E-state index in [0.29, 0.717) is 13.1 Å².